The van der Waals surface area contributed by atoms with Crippen LogP contribution in [0, 0.1) is 0 Å². The van der Waals surface area contributed by atoms with Gasteiger partial charge in [0.25, 0.3) is 5.91 Å². The number of rotatable bonds is 3. The Morgan fingerprint density at radius 3 is 2.29 bits per heavy atom. The maximum absolute atomic E-state index is 13.0. The zero-order valence-corrected chi connectivity index (χ0v) is 12.0. The molecule has 2 rings (SSSR count). The molecular weight excluding hydrogens is 327 g/mol. The van der Waals surface area contributed by atoms with Crippen LogP contribution in [0.4, 0.5) is 35.0 Å². The summed E-state index contributed by atoms with van der Waals surface area (Å²) in [6.07, 6.45) is -6.43. The Bertz CT molecular complexity index is 791. The van der Waals surface area contributed by atoms with Gasteiger partial charge in [-0.3, -0.25) is 10.1 Å². The van der Waals surface area contributed by atoms with Crippen molar-refractivity contribution in [3.8, 4) is 0 Å². The van der Waals surface area contributed by atoms with E-state index in [4.69, 9.17) is 10.8 Å². The van der Waals surface area contributed by atoms with Crippen molar-refractivity contribution in [2.75, 3.05) is 16.4 Å². The highest BCUT2D eigenvalue weighted by molar-refractivity contribution is 6.07. The number of halogens is 3. The molecule has 0 radical (unpaired) electrons. The molecule has 24 heavy (non-hydrogen) atoms. The molecule has 0 saturated carbocycles. The molecular formula is C15H12F3N3O3. The first-order valence-corrected chi connectivity index (χ1v) is 6.55. The van der Waals surface area contributed by atoms with Crippen molar-refractivity contribution in [3.63, 3.8) is 0 Å². The number of amides is 2. The number of carboxylic acid groups (broad SMARTS) is 1. The highest BCUT2D eigenvalue weighted by atomic mass is 19.4. The lowest BCUT2D eigenvalue weighted by molar-refractivity contribution is -0.136. The quantitative estimate of drug-likeness (QED) is 0.641. The van der Waals surface area contributed by atoms with Crippen molar-refractivity contribution < 1.29 is 27.9 Å². The Labute approximate surface area is 134 Å². The Morgan fingerprint density at radius 1 is 1.04 bits per heavy atom. The number of anilines is 3. The van der Waals surface area contributed by atoms with E-state index in [1.54, 1.807) is 17.4 Å². The van der Waals surface area contributed by atoms with Gasteiger partial charge in [0.05, 0.1) is 16.8 Å². The fraction of sp³-hybridized carbons (Fsp3) is 0.0667. The Hall–Kier alpha value is -3.23. The standard InChI is InChI=1S/C15H12F3N3O3/c16-15(17,18)10-7-8(5-6-12(10)21-14(23)24)20-13(22)9-3-1-2-4-11(9)19/h1-7,21H,19H2,(H,20,22)(H,23,24). The third-order valence-electron chi connectivity index (χ3n) is 3.03. The molecule has 0 aliphatic carbocycles. The summed E-state index contributed by atoms with van der Waals surface area (Å²) in [5, 5.41) is 12.6. The molecule has 2 aromatic carbocycles. The van der Waals surface area contributed by atoms with Crippen molar-refractivity contribution in [1.29, 1.82) is 0 Å². The Balaban J connectivity index is 2.33. The molecule has 5 N–H and O–H groups in total. The molecule has 9 heteroatoms. The smallest absolute Gasteiger partial charge is 0.418 e. The summed E-state index contributed by atoms with van der Waals surface area (Å²) in [5.74, 6) is -0.680. The lowest BCUT2D eigenvalue weighted by atomic mass is 10.1. The molecule has 0 aromatic heterocycles. The first-order chi connectivity index (χ1) is 11.2. The van der Waals surface area contributed by atoms with Crippen LogP contribution in [0.25, 0.3) is 0 Å². The SMILES string of the molecule is Nc1ccccc1C(=O)Nc1ccc(NC(=O)O)c(C(F)(F)F)c1. The number of carbonyl (C=O) groups excluding carboxylic acids is 1. The largest absolute Gasteiger partial charge is 0.465 e. The highest BCUT2D eigenvalue weighted by Crippen LogP contribution is 2.36. The van der Waals surface area contributed by atoms with E-state index >= 15 is 0 Å². The van der Waals surface area contributed by atoms with Crippen LogP contribution >= 0.6 is 0 Å². The van der Waals surface area contributed by atoms with E-state index < -0.39 is 29.4 Å². The van der Waals surface area contributed by atoms with E-state index in [-0.39, 0.29) is 16.9 Å². The van der Waals surface area contributed by atoms with Crippen molar-refractivity contribution in [2.24, 2.45) is 0 Å². The van der Waals surface area contributed by atoms with Gasteiger partial charge in [0, 0.05) is 11.4 Å². The van der Waals surface area contributed by atoms with Crippen LogP contribution in [0.5, 0.6) is 0 Å². The Kier molecular flexibility index (Phi) is 4.63. The monoisotopic (exact) mass is 339 g/mol. The van der Waals surface area contributed by atoms with Crippen molar-refractivity contribution in [2.45, 2.75) is 6.18 Å². The maximum Gasteiger partial charge on any atom is 0.418 e. The van der Waals surface area contributed by atoms with Gasteiger partial charge >= 0.3 is 12.3 Å². The number of nitrogen functional groups attached to an aromatic ring is 1. The van der Waals surface area contributed by atoms with Gasteiger partial charge in [-0.15, -0.1) is 0 Å². The predicted molar refractivity (Wildman–Crippen MR) is 81.9 cm³/mol. The summed E-state index contributed by atoms with van der Waals surface area (Å²) < 4.78 is 39.1. The topological polar surface area (TPSA) is 104 Å². The van der Waals surface area contributed by atoms with Crippen LogP contribution in [-0.4, -0.2) is 17.1 Å². The summed E-state index contributed by atoms with van der Waals surface area (Å²) in [6, 6.07) is 8.79. The number of alkyl halides is 3. The zero-order chi connectivity index (χ0) is 17.9. The minimum atomic E-state index is -4.80. The van der Waals surface area contributed by atoms with Crippen LogP contribution in [0.3, 0.4) is 0 Å². The van der Waals surface area contributed by atoms with Crippen LogP contribution in [-0.2, 0) is 6.18 Å². The third-order valence-corrected chi connectivity index (χ3v) is 3.03. The summed E-state index contributed by atoms with van der Waals surface area (Å²) in [6.45, 7) is 0. The minimum absolute atomic E-state index is 0.110. The van der Waals surface area contributed by atoms with E-state index in [2.05, 4.69) is 5.32 Å². The first-order valence-electron chi connectivity index (χ1n) is 6.55. The van der Waals surface area contributed by atoms with E-state index in [9.17, 15) is 22.8 Å². The Morgan fingerprint density at radius 2 is 1.71 bits per heavy atom. The molecule has 0 atom stereocenters. The molecule has 0 aliphatic rings. The number of hydrogen-bond donors (Lipinski definition) is 4. The normalized spacial score (nSPS) is 11.0. The molecule has 0 heterocycles. The third kappa shape index (κ3) is 3.94. The van der Waals surface area contributed by atoms with Gasteiger partial charge in [-0.1, -0.05) is 12.1 Å². The second-order valence-electron chi connectivity index (χ2n) is 4.73. The number of benzene rings is 2. The van der Waals surface area contributed by atoms with E-state index in [1.807, 2.05) is 0 Å². The molecule has 0 aliphatic heterocycles. The predicted octanol–water partition coefficient (Wildman–Crippen LogP) is 3.63. The highest BCUT2D eigenvalue weighted by Gasteiger charge is 2.34. The maximum atomic E-state index is 13.0. The minimum Gasteiger partial charge on any atom is -0.465 e. The number of nitrogens with two attached hydrogens (primary N) is 1. The molecule has 0 saturated heterocycles. The molecule has 0 unspecified atom stereocenters. The van der Waals surface area contributed by atoms with Crippen LogP contribution < -0.4 is 16.4 Å². The average Bonchev–Trinajstić information content (AvgIpc) is 2.47. The lowest BCUT2D eigenvalue weighted by Crippen LogP contribution is -2.17. The first kappa shape index (κ1) is 17.1. The van der Waals surface area contributed by atoms with Gasteiger partial charge in [-0.05, 0) is 30.3 Å². The number of hydrogen-bond acceptors (Lipinski definition) is 3. The van der Waals surface area contributed by atoms with Crippen LogP contribution in [0.1, 0.15) is 15.9 Å². The molecule has 0 fully saturated rings. The summed E-state index contributed by atoms with van der Waals surface area (Å²) in [5.41, 5.74) is 3.93. The van der Waals surface area contributed by atoms with Crippen molar-refractivity contribution in [3.05, 3.63) is 53.6 Å². The van der Waals surface area contributed by atoms with Gasteiger partial charge in [0.15, 0.2) is 0 Å². The van der Waals surface area contributed by atoms with Gasteiger partial charge in [0.2, 0.25) is 0 Å². The molecule has 6 nitrogen and oxygen atoms in total. The summed E-state index contributed by atoms with van der Waals surface area (Å²) in [7, 11) is 0. The van der Waals surface area contributed by atoms with Gasteiger partial charge in [-0.25, -0.2) is 4.79 Å². The fourth-order valence-corrected chi connectivity index (χ4v) is 1.98. The van der Waals surface area contributed by atoms with Gasteiger partial charge in [-0.2, -0.15) is 13.2 Å². The second-order valence-corrected chi connectivity index (χ2v) is 4.73. The second kappa shape index (κ2) is 6.49. The number of para-hydroxylation sites is 1. The number of nitrogens with one attached hydrogen (secondary N) is 2. The van der Waals surface area contributed by atoms with Crippen molar-refractivity contribution >= 4 is 29.1 Å². The molecule has 0 spiro atoms. The van der Waals surface area contributed by atoms with Crippen LogP contribution in [0.15, 0.2) is 42.5 Å². The van der Waals surface area contributed by atoms with E-state index in [0.29, 0.717) is 6.07 Å². The summed E-state index contributed by atoms with van der Waals surface area (Å²) in [4.78, 5) is 22.6. The van der Waals surface area contributed by atoms with E-state index in [0.717, 1.165) is 12.1 Å². The lowest BCUT2D eigenvalue weighted by Gasteiger charge is -2.15. The van der Waals surface area contributed by atoms with Crippen LogP contribution in [0.2, 0.25) is 0 Å². The summed E-state index contributed by atoms with van der Waals surface area (Å²) >= 11 is 0. The van der Waals surface area contributed by atoms with E-state index in [1.165, 1.54) is 12.1 Å². The molecule has 2 aromatic rings. The fourth-order valence-electron chi connectivity index (χ4n) is 1.98. The zero-order valence-electron chi connectivity index (χ0n) is 12.0. The number of carbonyl (C=O) groups is 2. The average molecular weight is 339 g/mol. The molecule has 0 bridgehead atoms. The molecule has 126 valence electrons. The molecule has 2 amide bonds. The van der Waals surface area contributed by atoms with Crippen molar-refractivity contribution in [1.82, 2.24) is 0 Å². The van der Waals surface area contributed by atoms with Gasteiger partial charge < -0.3 is 16.2 Å². The van der Waals surface area contributed by atoms with Gasteiger partial charge in [0.1, 0.15) is 0 Å².